The molecule has 0 amide bonds. The van der Waals surface area contributed by atoms with Gasteiger partial charge in [-0.15, -0.1) is 0 Å². The van der Waals surface area contributed by atoms with Crippen LogP contribution in [0, 0.1) is 0 Å². The molecule has 0 saturated carbocycles. The normalized spacial score (nSPS) is 10.9. The summed E-state index contributed by atoms with van der Waals surface area (Å²) in [5.74, 6) is 0.294. The third-order valence-corrected chi connectivity index (χ3v) is 3.62. The van der Waals surface area contributed by atoms with Crippen LogP contribution in [0.2, 0.25) is 0 Å². The first-order valence-corrected chi connectivity index (χ1v) is 8.06. The molecule has 0 saturated heterocycles. The van der Waals surface area contributed by atoms with E-state index in [1.807, 2.05) is 36.6 Å². The number of rotatable bonds is 7. The number of aryl methyl sites for hydroxylation is 1. The van der Waals surface area contributed by atoms with Gasteiger partial charge in [0.15, 0.2) is 17.0 Å². The first-order chi connectivity index (χ1) is 11.7. The third kappa shape index (κ3) is 3.24. The van der Waals surface area contributed by atoms with E-state index in [-0.39, 0.29) is 6.01 Å². The Bertz CT molecular complexity index is 817. The van der Waals surface area contributed by atoms with Crippen molar-refractivity contribution >= 4 is 17.0 Å². The van der Waals surface area contributed by atoms with E-state index >= 15 is 0 Å². The van der Waals surface area contributed by atoms with E-state index in [2.05, 4.69) is 27.1 Å². The summed E-state index contributed by atoms with van der Waals surface area (Å²) in [7, 11) is 0. The van der Waals surface area contributed by atoms with Gasteiger partial charge in [-0.25, -0.2) is 0 Å². The molecule has 24 heavy (non-hydrogen) atoms. The molecule has 7 nitrogen and oxygen atoms in total. The van der Waals surface area contributed by atoms with Crippen LogP contribution in [-0.4, -0.2) is 32.7 Å². The van der Waals surface area contributed by atoms with Crippen LogP contribution < -0.4 is 15.2 Å². The monoisotopic (exact) mass is 327 g/mol. The van der Waals surface area contributed by atoms with Gasteiger partial charge in [-0.1, -0.05) is 30.3 Å². The molecule has 2 N–H and O–H groups in total. The van der Waals surface area contributed by atoms with Crippen molar-refractivity contribution in [2.45, 2.75) is 26.8 Å². The summed E-state index contributed by atoms with van der Waals surface area (Å²) in [6, 6.07) is 10.9. The Morgan fingerprint density at radius 1 is 1.04 bits per heavy atom. The van der Waals surface area contributed by atoms with E-state index in [0.29, 0.717) is 42.8 Å². The number of imidazole rings is 1. The Labute approximate surface area is 140 Å². The number of fused-ring (bicyclic) bond motifs is 1. The molecule has 0 unspecified atom stereocenters. The van der Waals surface area contributed by atoms with Crippen molar-refractivity contribution in [2.75, 3.05) is 18.9 Å². The maximum Gasteiger partial charge on any atom is 0.320 e. The van der Waals surface area contributed by atoms with Gasteiger partial charge in [0.2, 0.25) is 0 Å². The molecule has 3 aromatic rings. The molecule has 0 radical (unpaired) electrons. The van der Waals surface area contributed by atoms with E-state index in [1.54, 1.807) is 0 Å². The topological polar surface area (TPSA) is 88.1 Å². The summed E-state index contributed by atoms with van der Waals surface area (Å²) in [4.78, 5) is 13.0. The second-order valence-electron chi connectivity index (χ2n) is 5.22. The Morgan fingerprint density at radius 3 is 2.54 bits per heavy atom. The maximum atomic E-state index is 6.01. The van der Waals surface area contributed by atoms with Crippen LogP contribution in [0.5, 0.6) is 12.0 Å². The van der Waals surface area contributed by atoms with Crippen molar-refractivity contribution in [1.29, 1.82) is 0 Å². The lowest BCUT2D eigenvalue weighted by atomic mass is 10.2. The van der Waals surface area contributed by atoms with E-state index in [9.17, 15) is 0 Å². The molecule has 0 aliphatic heterocycles. The zero-order valence-electron chi connectivity index (χ0n) is 13.9. The lowest BCUT2D eigenvalue weighted by Gasteiger charge is -2.07. The first kappa shape index (κ1) is 16.0. The fraction of sp³-hybridized carbons (Fsp3) is 0.353. The minimum atomic E-state index is 0.258. The summed E-state index contributed by atoms with van der Waals surface area (Å²) in [6.07, 6.45) is 0.777. The second-order valence-corrected chi connectivity index (χ2v) is 5.22. The van der Waals surface area contributed by atoms with Crippen molar-refractivity contribution in [3.8, 4) is 12.0 Å². The molecule has 0 bridgehead atoms. The lowest BCUT2D eigenvalue weighted by Crippen LogP contribution is -2.07. The van der Waals surface area contributed by atoms with Crippen LogP contribution >= 0.6 is 0 Å². The average Bonchev–Trinajstić information content (AvgIpc) is 2.94. The number of nitrogens with two attached hydrogens (primary N) is 1. The summed E-state index contributed by atoms with van der Waals surface area (Å²) in [5, 5.41) is 0. The predicted octanol–water partition coefficient (Wildman–Crippen LogP) is 2.45. The van der Waals surface area contributed by atoms with Gasteiger partial charge in [-0.05, 0) is 19.4 Å². The van der Waals surface area contributed by atoms with Crippen molar-refractivity contribution in [3.05, 3.63) is 35.9 Å². The Balaban J connectivity index is 1.81. The Hall–Kier alpha value is -2.83. The zero-order chi connectivity index (χ0) is 16.9. The zero-order valence-corrected chi connectivity index (χ0v) is 13.9. The number of hydrogen-bond donors (Lipinski definition) is 1. The van der Waals surface area contributed by atoms with Crippen LogP contribution in [0.3, 0.4) is 0 Å². The van der Waals surface area contributed by atoms with Crippen molar-refractivity contribution in [1.82, 2.24) is 19.5 Å². The van der Waals surface area contributed by atoms with Gasteiger partial charge in [-0.2, -0.15) is 15.0 Å². The van der Waals surface area contributed by atoms with Crippen LogP contribution in [0.25, 0.3) is 11.2 Å². The molecule has 0 spiro atoms. The van der Waals surface area contributed by atoms with Crippen LogP contribution in [0.4, 0.5) is 5.82 Å². The number of nitrogen functional groups attached to an aromatic ring is 1. The van der Waals surface area contributed by atoms with E-state index in [4.69, 9.17) is 15.2 Å². The molecule has 1 aromatic carbocycles. The second kappa shape index (κ2) is 7.16. The Kier molecular flexibility index (Phi) is 4.79. The van der Waals surface area contributed by atoms with Crippen molar-refractivity contribution < 1.29 is 9.47 Å². The molecule has 7 heteroatoms. The number of nitrogens with zero attached hydrogens (tertiary/aromatic N) is 4. The molecule has 0 aliphatic carbocycles. The molecule has 2 heterocycles. The molecular weight excluding hydrogens is 306 g/mol. The van der Waals surface area contributed by atoms with Gasteiger partial charge in [0.1, 0.15) is 0 Å². The standard InChI is InChI=1S/C17H21N5O2/c1-3-22-15-13(19-17(22)23-4-2)14(18)20-16(21-15)24-11-10-12-8-6-5-7-9-12/h5-9H,3-4,10-11H2,1-2H3,(H2,18,20,21). The fourth-order valence-electron chi connectivity index (χ4n) is 2.47. The van der Waals surface area contributed by atoms with Gasteiger partial charge in [-0.3, -0.25) is 4.57 Å². The largest absolute Gasteiger partial charge is 0.465 e. The highest BCUT2D eigenvalue weighted by Crippen LogP contribution is 2.25. The molecule has 0 aliphatic rings. The molecular formula is C17H21N5O2. The van der Waals surface area contributed by atoms with Crippen LogP contribution in [-0.2, 0) is 13.0 Å². The van der Waals surface area contributed by atoms with Crippen molar-refractivity contribution in [3.63, 3.8) is 0 Å². The molecule has 126 valence electrons. The Morgan fingerprint density at radius 2 is 1.83 bits per heavy atom. The summed E-state index contributed by atoms with van der Waals surface area (Å²) >= 11 is 0. The fourth-order valence-corrected chi connectivity index (χ4v) is 2.47. The summed E-state index contributed by atoms with van der Waals surface area (Å²) in [6.45, 7) is 5.58. The quantitative estimate of drug-likeness (QED) is 0.717. The molecule has 0 atom stereocenters. The minimum absolute atomic E-state index is 0.258. The smallest absolute Gasteiger partial charge is 0.320 e. The van der Waals surface area contributed by atoms with E-state index in [0.717, 1.165) is 6.42 Å². The van der Waals surface area contributed by atoms with Crippen LogP contribution in [0.15, 0.2) is 30.3 Å². The number of aromatic nitrogens is 4. The number of ether oxygens (including phenoxy) is 2. The van der Waals surface area contributed by atoms with Gasteiger partial charge < -0.3 is 15.2 Å². The summed E-state index contributed by atoms with van der Waals surface area (Å²) < 4.78 is 13.1. The first-order valence-electron chi connectivity index (χ1n) is 8.06. The highest BCUT2D eigenvalue weighted by atomic mass is 16.5. The highest BCUT2D eigenvalue weighted by molar-refractivity contribution is 5.83. The van der Waals surface area contributed by atoms with Crippen molar-refractivity contribution in [2.24, 2.45) is 0 Å². The van der Waals surface area contributed by atoms with Gasteiger partial charge in [0.25, 0.3) is 6.01 Å². The van der Waals surface area contributed by atoms with Gasteiger partial charge >= 0.3 is 6.01 Å². The highest BCUT2D eigenvalue weighted by Gasteiger charge is 2.17. The predicted molar refractivity (Wildman–Crippen MR) is 92.2 cm³/mol. The van der Waals surface area contributed by atoms with Gasteiger partial charge in [0.05, 0.1) is 13.2 Å². The molecule has 3 rings (SSSR count). The van der Waals surface area contributed by atoms with Crippen LogP contribution in [0.1, 0.15) is 19.4 Å². The van der Waals surface area contributed by atoms with Gasteiger partial charge in [0, 0.05) is 13.0 Å². The average molecular weight is 327 g/mol. The minimum Gasteiger partial charge on any atom is -0.465 e. The molecule has 2 aromatic heterocycles. The SMILES string of the molecule is CCOc1nc2c(N)nc(OCCc3ccccc3)nc2n1CC. The number of anilines is 1. The molecule has 0 fully saturated rings. The summed E-state index contributed by atoms with van der Waals surface area (Å²) in [5.41, 5.74) is 8.37. The third-order valence-electron chi connectivity index (χ3n) is 3.62. The lowest BCUT2D eigenvalue weighted by molar-refractivity contribution is 0.295. The maximum absolute atomic E-state index is 6.01. The van der Waals surface area contributed by atoms with E-state index < -0.39 is 0 Å². The number of hydrogen-bond acceptors (Lipinski definition) is 6. The van der Waals surface area contributed by atoms with E-state index in [1.165, 1.54) is 5.56 Å². The number of benzene rings is 1.